The average molecular weight is 346 g/mol. The van der Waals surface area contributed by atoms with Crippen LogP contribution >= 0.6 is 0 Å². The van der Waals surface area contributed by atoms with Gasteiger partial charge in [0.2, 0.25) is 0 Å². The second-order valence-electron chi connectivity index (χ2n) is 6.38. The zero-order valence-electron chi connectivity index (χ0n) is 14.0. The summed E-state index contributed by atoms with van der Waals surface area (Å²) >= 11 is 0. The number of benzene rings is 2. The smallest absolute Gasteiger partial charge is 0.311 e. The first kappa shape index (κ1) is 17.4. The van der Waals surface area contributed by atoms with Gasteiger partial charge in [0.05, 0.1) is 12.5 Å². The van der Waals surface area contributed by atoms with Crippen LogP contribution in [0.3, 0.4) is 0 Å². The highest BCUT2D eigenvalue weighted by Gasteiger charge is 2.32. The van der Waals surface area contributed by atoms with Crippen molar-refractivity contribution in [3.05, 3.63) is 53.6 Å². The normalized spacial score (nSPS) is 15.0. The zero-order chi connectivity index (χ0) is 18.0. The molecular weight excluding hydrogens is 326 g/mol. The second kappa shape index (κ2) is 7.21. The standard InChI is InChI=1S/C20H20F2O3/c1-2-25-19-11-16(17(20(23)24)9-12-3-4-12)18(22)10-15(19)13-5-7-14(21)8-6-13/h5-8,10-12,17H,2-4,9H2,1H3,(H,23,24). The molecular formula is C20H20F2O3. The molecule has 0 aliphatic heterocycles. The molecule has 25 heavy (non-hydrogen) atoms. The Morgan fingerprint density at radius 1 is 1.24 bits per heavy atom. The minimum Gasteiger partial charge on any atom is -0.493 e. The van der Waals surface area contributed by atoms with Gasteiger partial charge in [-0.05, 0) is 49.1 Å². The molecule has 0 aromatic heterocycles. The van der Waals surface area contributed by atoms with Crippen LogP contribution in [0.4, 0.5) is 8.78 Å². The third kappa shape index (κ3) is 3.98. The maximum atomic E-state index is 14.7. The first-order chi connectivity index (χ1) is 12.0. The maximum Gasteiger partial charge on any atom is 0.311 e. The quantitative estimate of drug-likeness (QED) is 0.767. The molecule has 0 bridgehead atoms. The summed E-state index contributed by atoms with van der Waals surface area (Å²) in [6.45, 7) is 2.16. The lowest BCUT2D eigenvalue weighted by molar-refractivity contribution is -0.139. The minimum absolute atomic E-state index is 0.147. The van der Waals surface area contributed by atoms with Gasteiger partial charge >= 0.3 is 5.97 Å². The monoisotopic (exact) mass is 346 g/mol. The molecule has 1 unspecified atom stereocenters. The molecule has 1 aliphatic carbocycles. The van der Waals surface area contributed by atoms with Gasteiger partial charge in [0, 0.05) is 11.1 Å². The molecule has 1 atom stereocenters. The number of rotatable bonds is 7. The fourth-order valence-electron chi connectivity index (χ4n) is 3.01. The van der Waals surface area contributed by atoms with E-state index in [1.54, 1.807) is 19.1 Å². The van der Waals surface area contributed by atoms with E-state index in [0.717, 1.165) is 12.8 Å². The van der Waals surface area contributed by atoms with E-state index in [0.29, 0.717) is 35.8 Å². The molecule has 132 valence electrons. The molecule has 0 radical (unpaired) electrons. The second-order valence-corrected chi connectivity index (χ2v) is 6.38. The lowest BCUT2D eigenvalue weighted by Gasteiger charge is -2.18. The van der Waals surface area contributed by atoms with Crippen molar-refractivity contribution in [2.45, 2.75) is 32.1 Å². The first-order valence-electron chi connectivity index (χ1n) is 8.44. The lowest BCUT2D eigenvalue weighted by Crippen LogP contribution is -2.14. The number of hydrogen-bond donors (Lipinski definition) is 1. The van der Waals surface area contributed by atoms with Gasteiger partial charge in [-0.3, -0.25) is 4.79 Å². The molecule has 0 saturated heterocycles. The van der Waals surface area contributed by atoms with Crippen molar-refractivity contribution in [1.82, 2.24) is 0 Å². The molecule has 0 heterocycles. The van der Waals surface area contributed by atoms with Crippen LogP contribution in [0.25, 0.3) is 11.1 Å². The predicted octanol–water partition coefficient (Wildman–Crippen LogP) is 5.00. The van der Waals surface area contributed by atoms with E-state index in [1.807, 2.05) is 0 Å². The molecule has 0 amide bonds. The van der Waals surface area contributed by atoms with Crippen LogP contribution in [0.1, 0.15) is 37.7 Å². The summed E-state index contributed by atoms with van der Waals surface area (Å²) in [4.78, 5) is 11.6. The Bertz CT molecular complexity index is 767. The van der Waals surface area contributed by atoms with E-state index in [1.165, 1.54) is 24.3 Å². The Morgan fingerprint density at radius 3 is 2.48 bits per heavy atom. The average Bonchev–Trinajstić information content (AvgIpc) is 3.39. The van der Waals surface area contributed by atoms with E-state index in [9.17, 15) is 18.7 Å². The molecule has 2 aromatic rings. The van der Waals surface area contributed by atoms with Crippen LogP contribution in [0.2, 0.25) is 0 Å². The van der Waals surface area contributed by atoms with E-state index in [2.05, 4.69) is 0 Å². The zero-order valence-corrected chi connectivity index (χ0v) is 14.0. The number of ether oxygens (including phenoxy) is 1. The van der Waals surface area contributed by atoms with Crippen molar-refractivity contribution in [2.75, 3.05) is 6.61 Å². The van der Waals surface area contributed by atoms with Crippen LogP contribution in [0.15, 0.2) is 36.4 Å². The van der Waals surface area contributed by atoms with Crippen molar-refractivity contribution in [1.29, 1.82) is 0 Å². The fraction of sp³-hybridized carbons (Fsp3) is 0.350. The Labute approximate surface area is 145 Å². The first-order valence-corrected chi connectivity index (χ1v) is 8.44. The number of carbonyl (C=O) groups is 1. The fourth-order valence-corrected chi connectivity index (χ4v) is 3.01. The largest absolute Gasteiger partial charge is 0.493 e. The highest BCUT2D eigenvalue weighted by atomic mass is 19.1. The lowest BCUT2D eigenvalue weighted by atomic mass is 9.90. The maximum absolute atomic E-state index is 14.7. The molecule has 1 saturated carbocycles. The molecule has 2 aromatic carbocycles. The van der Waals surface area contributed by atoms with Crippen LogP contribution in [-0.4, -0.2) is 17.7 Å². The van der Waals surface area contributed by atoms with Crippen molar-refractivity contribution < 1.29 is 23.4 Å². The third-order valence-corrected chi connectivity index (χ3v) is 4.49. The van der Waals surface area contributed by atoms with Crippen LogP contribution in [0, 0.1) is 17.6 Å². The van der Waals surface area contributed by atoms with Gasteiger partial charge in [-0.15, -0.1) is 0 Å². The predicted molar refractivity (Wildman–Crippen MR) is 90.7 cm³/mol. The van der Waals surface area contributed by atoms with Gasteiger partial charge in [0.15, 0.2) is 0 Å². The number of aliphatic carboxylic acids is 1. The number of carboxylic acid groups (broad SMARTS) is 1. The van der Waals surface area contributed by atoms with Gasteiger partial charge in [0.25, 0.3) is 0 Å². The van der Waals surface area contributed by atoms with Gasteiger partial charge in [-0.2, -0.15) is 0 Å². The number of hydrogen-bond acceptors (Lipinski definition) is 2. The SMILES string of the molecule is CCOc1cc(C(CC2CC2)C(=O)O)c(F)cc1-c1ccc(F)cc1. The molecule has 3 rings (SSSR count). The molecule has 5 heteroatoms. The number of carboxylic acids is 1. The van der Waals surface area contributed by atoms with Gasteiger partial charge < -0.3 is 9.84 Å². The summed E-state index contributed by atoms with van der Waals surface area (Å²) in [5.74, 6) is -2.10. The Morgan fingerprint density at radius 2 is 1.92 bits per heavy atom. The van der Waals surface area contributed by atoms with Gasteiger partial charge in [0.1, 0.15) is 17.4 Å². The van der Waals surface area contributed by atoms with Gasteiger partial charge in [-0.1, -0.05) is 25.0 Å². The van der Waals surface area contributed by atoms with Crippen LogP contribution in [0.5, 0.6) is 5.75 Å². The van der Waals surface area contributed by atoms with E-state index < -0.39 is 17.7 Å². The Hall–Kier alpha value is -2.43. The van der Waals surface area contributed by atoms with E-state index in [-0.39, 0.29) is 11.4 Å². The highest BCUT2D eigenvalue weighted by Crippen LogP contribution is 2.42. The summed E-state index contributed by atoms with van der Waals surface area (Å²) in [5.41, 5.74) is 1.25. The van der Waals surface area contributed by atoms with Crippen molar-refractivity contribution in [2.24, 2.45) is 5.92 Å². The van der Waals surface area contributed by atoms with E-state index >= 15 is 0 Å². The molecule has 1 N–H and O–H groups in total. The summed E-state index contributed by atoms with van der Waals surface area (Å²) < 4.78 is 33.5. The van der Waals surface area contributed by atoms with Crippen molar-refractivity contribution in [3.8, 4) is 16.9 Å². The van der Waals surface area contributed by atoms with Crippen molar-refractivity contribution >= 4 is 5.97 Å². The molecule has 0 spiro atoms. The van der Waals surface area contributed by atoms with Crippen molar-refractivity contribution in [3.63, 3.8) is 0 Å². The van der Waals surface area contributed by atoms with E-state index in [4.69, 9.17) is 4.74 Å². The topological polar surface area (TPSA) is 46.5 Å². The summed E-state index contributed by atoms with van der Waals surface area (Å²) in [5, 5.41) is 9.52. The Balaban J connectivity index is 2.04. The molecule has 1 fully saturated rings. The van der Waals surface area contributed by atoms with Crippen LogP contribution in [-0.2, 0) is 4.79 Å². The summed E-state index contributed by atoms with van der Waals surface area (Å²) in [6, 6.07) is 8.46. The van der Waals surface area contributed by atoms with Gasteiger partial charge in [-0.25, -0.2) is 8.78 Å². The number of halogens is 2. The molecule has 1 aliphatic rings. The highest BCUT2D eigenvalue weighted by molar-refractivity contribution is 5.78. The summed E-state index contributed by atoms with van der Waals surface area (Å²) in [7, 11) is 0. The third-order valence-electron chi connectivity index (χ3n) is 4.49. The minimum atomic E-state index is -1.03. The summed E-state index contributed by atoms with van der Waals surface area (Å²) in [6.07, 6.45) is 2.43. The van der Waals surface area contributed by atoms with Crippen LogP contribution < -0.4 is 4.74 Å². The Kier molecular flexibility index (Phi) is 5.02. The molecule has 3 nitrogen and oxygen atoms in total.